The van der Waals surface area contributed by atoms with Crippen LogP contribution in [0.2, 0.25) is 0 Å². The van der Waals surface area contributed by atoms with Crippen LogP contribution in [0.4, 0.5) is 5.69 Å². The third-order valence-electron chi connectivity index (χ3n) is 4.11. The zero-order valence-electron chi connectivity index (χ0n) is 12.4. The first-order valence-electron chi connectivity index (χ1n) is 7.12. The molecule has 1 aliphatic rings. The Morgan fingerprint density at radius 2 is 2.05 bits per heavy atom. The number of furan rings is 1. The first kappa shape index (κ1) is 14.4. The Balaban J connectivity index is 1.98. The molecule has 1 aromatic carbocycles. The van der Waals surface area contributed by atoms with Gasteiger partial charge in [0.2, 0.25) is 5.91 Å². The molecule has 0 spiro atoms. The zero-order chi connectivity index (χ0) is 15.2. The van der Waals surface area contributed by atoms with Crippen molar-refractivity contribution < 1.29 is 9.21 Å². The average molecular weight is 348 g/mol. The molecule has 3 rings (SSSR count). The van der Waals surface area contributed by atoms with Crippen LogP contribution in [0.15, 0.2) is 34.7 Å². The van der Waals surface area contributed by atoms with Crippen molar-refractivity contribution in [3.8, 4) is 0 Å². The van der Waals surface area contributed by atoms with Gasteiger partial charge < -0.3 is 9.73 Å². The molecule has 1 atom stereocenters. The largest absolute Gasteiger partial charge is 0.465 e. The molecule has 0 aliphatic carbocycles. The van der Waals surface area contributed by atoms with E-state index in [0.717, 1.165) is 34.8 Å². The second-order valence-corrected chi connectivity index (χ2v) is 6.82. The maximum absolute atomic E-state index is 12.0. The number of anilines is 1. The van der Waals surface area contributed by atoms with Crippen molar-refractivity contribution in [2.75, 3.05) is 5.32 Å². The molecular formula is C17H18BrNO2. The van der Waals surface area contributed by atoms with Crippen LogP contribution in [0.5, 0.6) is 0 Å². The number of benzene rings is 1. The molecule has 110 valence electrons. The Bertz CT molecular complexity index is 703. The minimum Gasteiger partial charge on any atom is -0.465 e. The van der Waals surface area contributed by atoms with Gasteiger partial charge in [0.1, 0.15) is 11.5 Å². The molecule has 0 radical (unpaired) electrons. The normalized spacial score (nSPS) is 17.4. The number of halogens is 1. The molecule has 2 heterocycles. The Morgan fingerprint density at radius 1 is 1.29 bits per heavy atom. The molecule has 0 saturated carbocycles. The van der Waals surface area contributed by atoms with Crippen molar-refractivity contribution in [3.63, 3.8) is 0 Å². The number of nitrogens with one attached hydrogen (secondary N) is 1. The van der Waals surface area contributed by atoms with Crippen molar-refractivity contribution >= 4 is 27.5 Å². The highest BCUT2D eigenvalue weighted by atomic mass is 79.9. The Hall–Kier alpha value is -1.55. The van der Waals surface area contributed by atoms with Crippen LogP contribution in [-0.4, -0.2) is 5.91 Å². The third-order valence-corrected chi connectivity index (χ3v) is 5.09. The standard InChI is InChI=1S/C17H18BrNO2/c1-4-11-6-8-14(21-11)15(18)10-5-7-13-12(9-10)17(2,3)16(20)19-13/h5-9,15H,4H2,1-3H3,(H,19,20). The Labute approximate surface area is 132 Å². The number of hydrogen-bond acceptors (Lipinski definition) is 2. The van der Waals surface area contributed by atoms with E-state index in [-0.39, 0.29) is 10.7 Å². The Kier molecular flexibility index (Phi) is 3.44. The van der Waals surface area contributed by atoms with Gasteiger partial charge in [0, 0.05) is 12.1 Å². The lowest BCUT2D eigenvalue weighted by Gasteiger charge is -2.17. The minimum absolute atomic E-state index is 0.00500. The quantitative estimate of drug-likeness (QED) is 0.827. The van der Waals surface area contributed by atoms with E-state index in [1.54, 1.807) is 0 Å². The van der Waals surface area contributed by atoms with E-state index in [0.29, 0.717) is 0 Å². The number of carbonyl (C=O) groups excluding carboxylic acids is 1. The van der Waals surface area contributed by atoms with Gasteiger partial charge in [0.05, 0.1) is 10.2 Å². The molecule has 1 unspecified atom stereocenters. The number of rotatable bonds is 3. The fourth-order valence-corrected chi connectivity index (χ4v) is 3.16. The summed E-state index contributed by atoms with van der Waals surface area (Å²) < 4.78 is 5.81. The lowest BCUT2D eigenvalue weighted by Crippen LogP contribution is -2.26. The van der Waals surface area contributed by atoms with Gasteiger partial charge in [-0.15, -0.1) is 0 Å². The van der Waals surface area contributed by atoms with Crippen LogP contribution >= 0.6 is 15.9 Å². The molecule has 2 aromatic rings. The molecular weight excluding hydrogens is 330 g/mol. The summed E-state index contributed by atoms with van der Waals surface area (Å²) in [5, 5.41) is 2.93. The summed E-state index contributed by atoms with van der Waals surface area (Å²) in [5.74, 6) is 1.92. The van der Waals surface area contributed by atoms with E-state index in [2.05, 4.69) is 34.2 Å². The summed E-state index contributed by atoms with van der Waals surface area (Å²) >= 11 is 3.70. The molecule has 3 nitrogen and oxygen atoms in total. The second kappa shape index (κ2) is 5.02. The SMILES string of the molecule is CCc1ccc(C(Br)c2ccc3c(c2)C(C)(C)C(=O)N3)o1. The molecule has 1 aromatic heterocycles. The van der Waals surface area contributed by atoms with Crippen LogP contribution in [-0.2, 0) is 16.6 Å². The van der Waals surface area contributed by atoms with Gasteiger partial charge in [-0.25, -0.2) is 0 Å². The molecule has 1 N–H and O–H groups in total. The maximum atomic E-state index is 12.0. The first-order chi connectivity index (χ1) is 9.93. The fourth-order valence-electron chi connectivity index (χ4n) is 2.63. The van der Waals surface area contributed by atoms with E-state index in [4.69, 9.17) is 4.42 Å². The topological polar surface area (TPSA) is 42.2 Å². The van der Waals surface area contributed by atoms with Crippen molar-refractivity contribution in [2.24, 2.45) is 0 Å². The summed E-state index contributed by atoms with van der Waals surface area (Å²) in [6, 6.07) is 10.1. The van der Waals surface area contributed by atoms with Crippen LogP contribution in [0, 0.1) is 0 Å². The van der Waals surface area contributed by atoms with Crippen molar-refractivity contribution in [3.05, 3.63) is 53.0 Å². The van der Waals surface area contributed by atoms with Crippen LogP contribution in [0.25, 0.3) is 0 Å². The van der Waals surface area contributed by atoms with Crippen molar-refractivity contribution in [1.82, 2.24) is 0 Å². The predicted octanol–water partition coefficient (Wildman–Crippen LogP) is 4.56. The number of alkyl halides is 1. The van der Waals surface area contributed by atoms with E-state index in [1.165, 1.54) is 0 Å². The number of hydrogen-bond donors (Lipinski definition) is 1. The van der Waals surface area contributed by atoms with Crippen molar-refractivity contribution in [2.45, 2.75) is 37.4 Å². The number of amides is 1. The van der Waals surface area contributed by atoms with E-state index >= 15 is 0 Å². The molecule has 21 heavy (non-hydrogen) atoms. The zero-order valence-corrected chi connectivity index (χ0v) is 14.0. The van der Waals surface area contributed by atoms with Gasteiger partial charge in [-0.05, 0) is 43.2 Å². The smallest absolute Gasteiger partial charge is 0.234 e. The van der Waals surface area contributed by atoms with E-state index in [9.17, 15) is 4.79 Å². The van der Waals surface area contributed by atoms with Crippen LogP contribution < -0.4 is 5.32 Å². The predicted molar refractivity (Wildman–Crippen MR) is 87.0 cm³/mol. The van der Waals surface area contributed by atoms with Gasteiger partial charge in [-0.2, -0.15) is 0 Å². The summed E-state index contributed by atoms with van der Waals surface area (Å²) in [5.41, 5.74) is 2.55. The summed E-state index contributed by atoms with van der Waals surface area (Å²) in [6.45, 7) is 5.97. The summed E-state index contributed by atoms with van der Waals surface area (Å²) in [6.07, 6.45) is 0.884. The van der Waals surface area contributed by atoms with E-state index < -0.39 is 5.41 Å². The number of carbonyl (C=O) groups is 1. The third kappa shape index (κ3) is 2.31. The van der Waals surface area contributed by atoms with Crippen molar-refractivity contribution in [1.29, 1.82) is 0 Å². The van der Waals surface area contributed by atoms with Crippen LogP contribution in [0.3, 0.4) is 0 Å². The monoisotopic (exact) mass is 347 g/mol. The molecule has 0 bridgehead atoms. The molecule has 4 heteroatoms. The average Bonchev–Trinajstić information content (AvgIpc) is 3.02. The molecule has 1 amide bonds. The number of aryl methyl sites for hydroxylation is 1. The summed E-state index contributed by atoms with van der Waals surface area (Å²) in [7, 11) is 0. The highest BCUT2D eigenvalue weighted by Crippen LogP contribution is 2.41. The number of fused-ring (bicyclic) bond motifs is 1. The van der Waals surface area contributed by atoms with Gasteiger partial charge in [0.15, 0.2) is 0 Å². The first-order valence-corrected chi connectivity index (χ1v) is 8.03. The highest BCUT2D eigenvalue weighted by molar-refractivity contribution is 9.09. The van der Waals surface area contributed by atoms with Gasteiger partial charge in [-0.1, -0.05) is 35.0 Å². The minimum atomic E-state index is -0.490. The van der Waals surface area contributed by atoms with Gasteiger partial charge >= 0.3 is 0 Å². The molecule has 1 aliphatic heterocycles. The Morgan fingerprint density at radius 3 is 2.71 bits per heavy atom. The van der Waals surface area contributed by atoms with Gasteiger partial charge in [-0.3, -0.25) is 4.79 Å². The maximum Gasteiger partial charge on any atom is 0.234 e. The lowest BCUT2D eigenvalue weighted by molar-refractivity contribution is -0.119. The van der Waals surface area contributed by atoms with Crippen LogP contribution in [0.1, 0.15) is 48.2 Å². The lowest BCUT2D eigenvalue weighted by atomic mass is 9.85. The fraction of sp³-hybridized carbons (Fsp3) is 0.353. The highest BCUT2D eigenvalue weighted by Gasteiger charge is 2.38. The molecule has 0 fully saturated rings. The summed E-state index contributed by atoms with van der Waals surface area (Å²) in [4.78, 5) is 12.0. The molecule has 0 saturated heterocycles. The second-order valence-electron chi connectivity index (χ2n) is 5.90. The van der Waals surface area contributed by atoms with E-state index in [1.807, 2.05) is 38.1 Å². The van der Waals surface area contributed by atoms with Gasteiger partial charge in [0.25, 0.3) is 0 Å².